The first-order valence-electron chi connectivity index (χ1n) is 6.09. The van der Waals surface area contributed by atoms with E-state index in [2.05, 4.69) is 15.4 Å². The maximum Gasteiger partial charge on any atom is 0.350 e. The van der Waals surface area contributed by atoms with E-state index >= 15 is 0 Å². The Morgan fingerprint density at radius 3 is 2.86 bits per heavy atom. The molecule has 0 saturated heterocycles. The Morgan fingerprint density at radius 2 is 2.14 bits per heavy atom. The van der Waals surface area contributed by atoms with E-state index in [1.54, 1.807) is 36.5 Å². The highest BCUT2D eigenvalue weighted by atomic mass is 35.5. The van der Waals surface area contributed by atoms with Gasteiger partial charge in [-0.3, -0.25) is 9.20 Å². The van der Waals surface area contributed by atoms with Crippen LogP contribution >= 0.6 is 11.6 Å². The summed E-state index contributed by atoms with van der Waals surface area (Å²) in [6.07, 6.45) is 3.02. The first kappa shape index (κ1) is 13.3. The van der Waals surface area contributed by atoms with Gasteiger partial charge in [-0.05, 0) is 24.3 Å². The van der Waals surface area contributed by atoms with Gasteiger partial charge in [0.15, 0.2) is 5.65 Å². The molecule has 0 aliphatic heterocycles. The van der Waals surface area contributed by atoms with E-state index in [9.17, 15) is 9.59 Å². The number of halogens is 1. The van der Waals surface area contributed by atoms with Crippen LogP contribution in [0.5, 0.6) is 0 Å². The molecular weight excluding hydrogens is 294 g/mol. The lowest BCUT2D eigenvalue weighted by atomic mass is 10.4. The number of amides is 1. The molecule has 3 rings (SSSR count). The average Bonchev–Trinajstić information content (AvgIpc) is 2.78. The monoisotopic (exact) mass is 303 g/mol. The third-order valence-electron chi connectivity index (χ3n) is 2.78. The lowest BCUT2D eigenvalue weighted by molar-refractivity contribution is -0.117. The summed E-state index contributed by atoms with van der Waals surface area (Å²) in [7, 11) is 0. The molecule has 1 amide bonds. The van der Waals surface area contributed by atoms with Crippen LogP contribution in [0.15, 0.2) is 47.5 Å². The number of anilines is 1. The molecule has 0 saturated carbocycles. The molecule has 21 heavy (non-hydrogen) atoms. The molecule has 0 aromatic carbocycles. The van der Waals surface area contributed by atoms with Crippen LogP contribution in [0.2, 0.25) is 5.02 Å². The van der Waals surface area contributed by atoms with Crippen molar-refractivity contribution in [3.05, 3.63) is 58.2 Å². The van der Waals surface area contributed by atoms with E-state index in [1.807, 2.05) is 0 Å². The molecule has 3 heterocycles. The van der Waals surface area contributed by atoms with Crippen molar-refractivity contribution < 1.29 is 4.79 Å². The lowest BCUT2D eigenvalue weighted by Gasteiger charge is -2.03. The number of hydrogen-bond acceptors (Lipinski definition) is 4. The molecule has 1 N–H and O–H groups in total. The van der Waals surface area contributed by atoms with Crippen LogP contribution in [0.1, 0.15) is 0 Å². The summed E-state index contributed by atoms with van der Waals surface area (Å²) in [5, 5.41) is 7.12. The van der Waals surface area contributed by atoms with Crippen molar-refractivity contribution in [2.24, 2.45) is 0 Å². The largest absolute Gasteiger partial charge is 0.350 e. The topological polar surface area (TPSA) is 81.3 Å². The lowest BCUT2D eigenvalue weighted by Crippen LogP contribution is -2.28. The van der Waals surface area contributed by atoms with E-state index in [0.717, 1.165) is 4.68 Å². The third kappa shape index (κ3) is 2.77. The van der Waals surface area contributed by atoms with Gasteiger partial charge in [0, 0.05) is 12.4 Å². The van der Waals surface area contributed by atoms with Crippen molar-refractivity contribution >= 4 is 29.0 Å². The number of pyridine rings is 2. The fourth-order valence-corrected chi connectivity index (χ4v) is 1.95. The van der Waals surface area contributed by atoms with Gasteiger partial charge < -0.3 is 5.32 Å². The van der Waals surface area contributed by atoms with E-state index in [4.69, 9.17) is 11.6 Å². The van der Waals surface area contributed by atoms with Gasteiger partial charge in [-0.1, -0.05) is 17.7 Å². The van der Waals surface area contributed by atoms with E-state index in [0.29, 0.717) is 16.5 Å². The fourth-order valence-electron chi connectivity index (χ4n) is 1.84. The normalized spacial score (nSPS) is 10.7. The number of nitrogens with zero attached hydrogens (tertiary/aromatic N) is 4. The Balaban J connectivity index is 1.78. The second-order valence-corrected chi connectivity index (χ2v) is 4.72. The van der Waals surface area contributed by atoms with Crippen LogP contribution in [-0.4, -0.2) is 25.1 Å². The van der Waals surface area contributed by atoms with E-state index in [-0.39, 0.29) is 12.2 Å². The molecule has 0 bridgehead atoms. The summed E-state index contributed by atoms with van der Waals surface area (Å²) in [4.78, 5) is 27.9. The summed E-state index contributed by atoms with van der Waals surface area (Å²) in [5.41, 5.74) is 0.115. The summed E-state index contributed by atoms with van der Waals surface area (Å²) < 4.78 is 2.47. The second-order valence-electron chi connectivity index (χ2n) is 4.28. The smallest absolute Gasteiger partial charge is 0.309 e. The third-order valence-corrected chi connectivity index (χ3v) is 3.00. The number of aromatic nitrogens is 4. The molecule has 106 valence electrons. The molecule has 0 radical (unpaired) electrons. The maximum absolute atomic E-state index is 12.0. The predicted molar refractivity (Wildman–Crippen MR) is 77.3 cm³/mol. The van der Waals surface area contributed by atoms with Gasteiger partial charge in [-0.15, -0.1) is 5.10 Å². The van der Waals surface area contributed by atoms with Gasteiger partial charge in [-0.25, -0.2) is 14.5 Å². The quantitative estimate of drug-likeness (QED) is 0.788. The Morgan fingerprint density at radius 1 is 1.29 bits per heavy atom. The van der Waals surface area contributed by atoms with Crippen LogP contribution < -0.4 is 11.0 Å². The van der Waals surface area contributed by atoms with Crippen LogP contribution in [0, 0.1) is 0 Å². The Hall–Kier alpha value is -2.67. The highest BCUT2D eigenvalue weighted by Gasteiger charge is 2.10. The van der Waals surface area contributed by atoms with Crippen molar-refractivity contribution in [1.82, 2.24) is 19.2 Å². The van der Waals surface area contributed by atoms with Crippen molar-refractivity contribution in [1.29, 1.82) is 0 Å². The molecule has 0 unspecified atom stereocenters. The Bertz CT molecular complexity index is 853. The van der Waals surface area contributed by atoms with Crippen LogP contribution in [0.25, 0.3) is 5.65 Å². The Labute approximate surface area is 123 Å². The zero-order chi connectivity index (χ0) is 14.8. The first-order chi connectivity index (χ1) is 10.1. The van der Waals surface area contributed by atoms with Gasteiger partial charge in [0.1, 0.15) is 12.4 Å². The zero-order valence-corrected chi connectivity index (χ0v) is 11.5. The number of carbonyl (C=O) groups excluding carboxylic acids is 1. The SMILES string of the molecule is O=C(Cn1nc2ccccn2c1=O)Nc1ccc(Cl)cn1. The van der Waals surface area contributed by atoms with Crippen LogP contribution in [0.4, 0.5) is 5.82 Å². The van der Waals surface area contributed by atoms with Crippen LogP contribution in [-0.2, 0) is 11.3 Å². The summed E-state index contributed by atoms with van der Waals surface area (Å²) >= 11 is 5.71. The van der Waals surface area contributed by atoms with Crippen molar-refractivity contribution in [3.63, 3.8) is 0 Å². The number of hydrogen-bond donors (Lipinski definition) is 1. The standard InChI is InChI=1S/C13H10ClN5O2/c14-9-4-5-10(15-7-9)16-12(20)8-19-13(21)18-6-2-1-3-11(18)17-19/h1-7H,8H2,(H,15,16,20). The van der Waals surface area contributed by atoms with Gasteiger partial charge in [0.25, 0.3) is 0 Å². The molecule has 0 fully saturated rings. The summed E-state index contributed by atoms with van der Waals surface area (Å²) in [6.45, 7) is -0.190. The van der Waals surface area contributed by atoms with Crippen molar-refractivity contribution in [2.75, 3.05) is 5.32 Å². The second kappa shape index (κ2) is 5.37. The predicted octanol–water partition coefficient (Wildman–Crippen LogP) is 1.18. The number of carbonyl (C=O) groups is 1. The minimum atomic E-state index is -0.393. The molecule has 7 nitrogen and oxygen atoms in total. The van der Waals surface area contributed by atoms with Crippen molar-refractivity contribution in [3.8, 4) is 0 Å². The molecule has 0 spiro atoms. The molecule has 3 aromatic rings. The Kier molecular flexibility index (Phi) is 3.41. The van der Waals surface area contributed by atoms with Crippen LogP contribution in [0.3, 0.4) is 0 Å². The molecule has 0 aliphatic carbocycles. The first-order valence-corrected chi connectivity index (χ1v) is 6.47. The highest BCUT2D eigenvalue weighted by Crippen LogP contribution is 2.09. The summed E-state index contributed by atoms with van der Waals surface area (Å²) in [6, 6.07) is 8.37. The maximum atomic E-state index is 12.0. The van der Waals surface area contributed by atoms with Gasteiger partial charge in [-0.2, -0.15) is 0 Å². The minimum absolute atomic E-state index is 0.190. The minimum Gasteiger partial charge on any atom is -0.309 e. The van der Waals surface area contributed by atoms with Gasteiger partial charge in [0.05, 0.1) is 5.02 Å². The van der Waals surface area contributed by atoms with E-state index < -0.39 is 5.91 Å². The molecule has 8 heteroatoms. The van der Waals surface area contributed by atoms with Crippen molar-refractivity contribution in [2.45, 2.75) is 6.54 Å². The molecule has 3 aromatic heterocycles. The zero-order valence-electron chi connectivity index (χ0n) is 10.7. The number of rotatable bonds is 3. The number of nitrogens with one attached hydrogen (secondary N) is 1. The molecule has 0 aliphatic rings. The molecule has 0 atom stereocenters. The number of fused-ring (bicyclic) bond motifs is 1. The average molecular weight is 304 g/mol. The van der Waals surface area contributed by atoms with Gasteiger partial charge >= 0.3 is 5.69 Å². The fraction of sp³-hybridized carbons (Fsp3) is 0.0769. The highest BCUT2D eigenvalue weighted by molar-refractivity contribution is 6.30. The summed E-state index contributed by atoms with van der Waals surface area (Å²) in [5.74, 6) is -0.0310. The van der Waals surface area contributed by atoms with E-state index in [1.165, 1.54) is 10.6 Å². The van der Waals surface area contributed by atoms with Gasteiger partial charge in [0.2, 0.25) is 5.91 Å². The molecular formula is C13H10ClN5O2.